The number of methoxy groups -OCH3 is 1. The maximum absolute atomic E-state index is 11.5. The Labute approximate surface area is 109 Å². The molecule has 1 rings (SSSR count). The average Bonchev–Trinajstić information content (AvgIpc) is 2.16. The second-order valence-corrected chi connectivity index (χ2v) is 5.44. The van der Waals surface area contributed by atoms with E-state index < -0.39 is 9.70 Å². The Bertz CT molecular complexity index is 402. The van der Waals surface area contributed by atoms with Crippen LogP contribution in [0.3, 0.4) is 0 Å². The average molecular weight is 283 g/mol. The van der Waals surface area contributed by atoms with E-state index in [2.05, 4.69) is 5.32 Å². The molecule has 0 aliphatic heterocycles. The molecule has 1 amide bonds. The van der Waals surface area contributed by atoms with E-state index in [1.807, 2.05) is 13.0 Å². The summed E-state index contributed by atoms with van der Waals surface area (Å²) < 4.78 is 3.08. The van der Waals surface area contributed by atoms with Crippen molar-refractivity contribution in [1.29, 1.82) is 0 Å². The highest BCUT2D eigenvalue weighted by molar-refractivity contribution is 6.76. The Morgan fingerprint density at radius 2 is 2.00 bits per heavy atom. The minimum atomic E-state index is -1.99. The number of anilines is 1. The standard InChI is InChI=1S/C10H10Cl3NO2/c1-6-3-4-8(16-2)7(5-6)14-9(15)10(11,12)13/h3-5H,1-2H3,(H,14,15). The second-order valence-electron chi connectivity index (χ2n) is 3.16. The molecule has 0 aliphatic carbocycles. The van der Waals surface area contributed by atoms with Crippen molar-refractivity contribution < 1.29 is 9.53 Å². The summed E-state index contributed by atoms with van der Waals surface area (Å²) in [6.07, 6.45) is 0. The fourth-order valence-corrected chi connectivity index (χ4v) is 1.25. The third kappa shape index (κ3) is 3.44. The van der Waals surface area contributed by atoms with E-state index >= 15 is 0 Å². The van der Waals surface area contributed by atoms with Crippen molar-refractivity contribution in [1.82, 2.24) is 0 Å². The molecule has 0 fully saturated rings. The Kier molecular flexibility index (Phi) is 4.30. The largest absolute Gasteiger partial charge is 0.495 e. The summed E-state index contributed by atoms with van der Waals surface area (Å²) in [6.45, 7) is 1.88. The fourth-order valence-electron chi connectivity index (χ4n) is 1.11. The van der Waals surface area contributed by atoms with Crippen LogP contribution in [0.4, 0.5) is 5.69 Å². The van der Waals surface area contributed by atoms with E-state index in [1.165, 1.54) is 7.11 Å². The molecular weight excluding hydrogens is 272 g/mol. The first kappa shape index (κ1) is 13.4. The molecule has 0 bridgehead atoms. The van der Waals surface area contributed by atoms with Gasteiger partial charge in [-0.2, -0.15) is 0 Å². The van der Waals surface area contributed by atoms with E-state index in [0.717, 1.165) is 5.56 Å². The van der Waals surface area contributed by atoms with Gasteiger partial charge in [-0.05, 0) is 24.6 Å². The Balaban J connectivity index is 2.96. The number of rotatable bonds is 2. The van der Waals surface area contributed by atoms with Crippen LogP contribution in [0, 0.1) is 6.92 Å². The molecular formula is C10H10Cl3NO2. The molecule has 6 heteroatoms. The number of nitrogens with one attached hydrogen (secondary N) is 1. The lowest BCUT2D eigenvalue weighted by atomic mass is 10.2. The number of alkyl halides is 3. The molecule has 88 valence electrons. The molecule has 1 aromatic carbocycles. The second kappa shape index (κ2) is 5.13. The monoisotopic (exact) mass is 281 g/mol. The number of amides is 1. The Morgan fingerprint density at radius 1 is 1.38 bits per heavy atom. The first-order valence-electron chi connectivity index (χ1n) is 4.37. The number of ether oxygens (including phenoxy) is 1. The highest BCUT2D eigenvalue weighted by Crippen LogP contribution is 2.31. The number of halogens is 3. The van der Waals surface area contributed by atoms with Gasteiger partial charge in [0.2, 0.25) is 0 Å². The molecule has 0 unspecified atom stereocenters. The summed E-state index contributed by atoms with van der Waals surface area (Å²) in [5.41, 5.74) is 1.43. The smallest absolute Gasteiger partial charge is 0.276 e. The van der Waals surface area contributed by atoms with Gasteiger partial charge in [-0.25, -0.2) is 0 Å². The zero-order chi connectivity index (χ0) is 12.3. The molecule has 1 N–H and O–H groups in total. The molecule has 1 aromatic rings. The van der Waals surface area contributed by atoms with Gasteiger partial charge < -0.3 is 10.1 Å². The number of carbonyl (C=O) groups excluding carboxylic acids is 1. The van der Waals surface area contributed by atoms with E-state index in [9.17, 15) is 4.79 Å². The summed E-state index contributed by atoms with van der Waals surface area (Å²) in [5.74, 6) is -0.213. The minimum Gasteiger partial charge on any atom is -0.495 e. The maximum atomic E-state index is 11.5. The highest BCUT2D eigenvalue weighted by Gasteiger charge is 2.31. The Morgan fingerprint density at radius 3 is 2.50 bits per heavy atom. The number of aryl methyl sites for hydroxylation is 1. The lowest BCUT2D eigenvalue weighted by molar-refractivity contribution is -0.115. The summed E-state index contributed by atoms with van der Waals surface area (Å²) in [6, 6.07) is 5.31. The topological polar surface area (TPSA) is 38.3 Å². The third-order valence-electron chi connectivity index (χ3n) is 1.86. The van der Waals surface area contributed by atoms with E-state index in [-0.39, 0.29) is 0 Å². The SMILES string of the molecule is COc1ccc(C)cc1NC(=O)C(Cl)(Cl)Cl. The zero-order valence-electron chi connectivity index (χ0n) is 8.68. The van der Waals surface area contributed by atoms with Crippen LogP contribution in [-0.2, 0) is 4.79 Å². The quantitative estimate of drug-likeness (QED) is 0.845. The maximum Gasteiger partial charge on any atom is 0.276 e. The molecule has 0 radical (unpaired) electrons. The van der Waals surface area contributed by atoms with Gasteiger partial charge in [-0.3, -0.25) is 4.79 Å². The number of hydrogen-bond donors (Lipinski definition) is 1. The molecule has 0 aliphatic rings. The first-order valence-corrected chi connectivity index (χ1v) is 5.51. The molecule has 0 spiro atoms. The fraction of sp³-hybridized carbons (Fsp3) is 0.300. The van der Waals surface area contributed by atoms with Crippen molar-refractivity contribution in [3.8, 4) is 5.75 Å². The molecule has 0 atom stereocenters. The van der Waals surface area contributed by atoms with Crippen LogP contribution in [0.1, 0.15) is 5.56 Å². The van der Waals surface area contributed by atoms with Gasteiger partial charge in [0, 0.05) is 0 Å². The van der Waals surface area contributed by atoms with Gasteiger partial charge in [0.1, 0.15) is 5.75 Å². The number of hydrogen-bond acceptors (Lipinski definition) is 2. The number of carbonyl (C=O) groups is 1. The first-order chi connectivity index (χ1) is 7.34. The predicted octanol–water partition coefficient (Wildman–Crippen LogP) is 3.31. The predicted molar refractivity (Wildman–Crippen MR) is 66.7 cm³/mol. The highest BCUT2D eigenvalue weighted by atomic mass is 35.6. The van der Waals surface area contributed by atoms with Crippen molar-refractivity contribution in [2.24, 2.45) is 0 Å². The molecule has 16 heavy (non-hydrogen) atoms. The van der Waals surface area contributed by atoms with Crippen LogP contribution in [0.5, 0.6) is 5.75 Å². The molecule has 0 saturated heterocycles. The minimum absolute atomic E-state index is 0.471. The lowest BCUT2D eigenvalue weighted by Crippen LogP contribution is -2.27. The van der Waals surface area contributed by atoms with Crippen LogP contribution in [0.2, 0.25) is 0 Å². The van der Waals surface area contributed by atoms with Gasteiger partial charge in [-0.15, -0.1) is 0 Å². The van der Waals surface area contributed by atoms with E-state index in [4.69, 9.17) is 39.5 Å². The van der Waals surface area contributed by atoms with Gasteiger partial charge in [0.15, 0.2) is 0 Å². The van der Waals surface area contributed by atoms with Crippen molar-refractivity contribution in [3.05, 3.63) is 23.8 Å². The van der Waals surface area contributed by atoms with Crippen molar-refractivity contribution >= 4 is 46.4 Å². The van der Waals surface area contributed by atoms with Crippen molar-refractivity contribution in [3.63, 3.8) is 0 Å². The van der Waals surface area contributed by atoms with Crippen molar-refractivity contribution in [2.45, 2.75) is 10.7 Å². The third-order valence-corrected chi connectivity index (χ3v) is 2.38. The zero-order valence-corrected chi connectivity index (χ0v) is 11.0. The van der Waals surface area contributed by atoms with Crippen LogP contribution in [0.15, 0.2) is 18.2 Å². The van der Waals surface area contributed by atoms with Crippen LogP contribution >= 0.6 is 34.8 Å². The van der Waals surface area contributed by atoms with E-state index in [1.54, 1.807) is 12.1 Å². The molecule has 0 aromatic heterocycles. The van der Waals surface area contributed by atoms with Gasteiger partial charge in [0.25, 0.3) is 9.70 Å². The van der Waals surface area contributed by atoms with Gasteiger partial charge in [0.05, 0.1) is 12.8 Å². The van der Waals surface area contributed by atoms with Crippen molar-refractivity contribution in [2.75, 3.05) is 12.4 Å². The summed E-state index contributed by atoms with van der Waals surface area (Å²) in [4.78, 5) is 11.5. The van der Waals surface area contributed by atoms with Crippen LogP contribution < -0.4 is 10.1 Å². The molecule has 3 nitrogen and oxygen atoms in total. The summed E-state index contributed by atoms with van der Waals surface area (Å²) >= 11 is 16.3. The van der Waals surface area contributed by atoms with E-state index in [0.29, 0.717) is 11.4 Å². The molecule has 0 heterocycles. The lowest BCUT2D eigenvalue weighted by Gasteiger charge is -2.14. The molecule has 0 saturated carbocycles. The van der Waals surface area contributed by atoms with Gasteiger partial charge in [-0.1, -0.05) is 40.9 Å². The normalized spacial score (nSPS) is 11.1. The van der Waals surface area contributed by atoms with Crippen LogP contribution in [0.25, 0.3) is 0 Å². The Hall–Kier alpha value is -0.640. The van der Waals surface area contributed by atoms with Gasteiger partial charge >= 0.3 is 0 Å². The summed E-state index contributed by atoms with van der Waals surface area (Å²) in [5, 5.41) is 2.48. The number of benzene rings is 1. The van der Waals surface area contributed by atoms with Crippen LogP contribution in [-0.4, -0.2) is 16.8 Å². The summed E-state index contributed by atoms with van der Waals surface area (Å²) in [7, 11) is 1.50.